The monoisotopic (exact) mass is 182 g/mol. The third-order valence-corrected chi connectivity index (χ3v) is 1.85. The van der Waals surface area contributed by atoms with Crippen molar-refractivity contribution < 1.29 is 9.76 Å². The number of hydrogen-bond acceptors (Lipinski definition) is 4. The zero-order valence-corrected chi connectivity index (χ0v) is 7.19. The van der Waals surface area contributed by atoms with E-state index in [-0.39, 0.29) is 12.3 Å². The first-order valence-corrected chi connectivity index (χ1v) is 3.71. The molecule has 0 bridgehead atoms. The minimum absolute atomic E-state index is 0.0922. The quantitative estimate of drug-likeness (QED) is 0.564. The molecule has 1 rings (SSSR count). The molecular weight excluding hydrogens is 172 g/mol. The van der Waals surface area contributed by atoms with E-state index in [0.717, 1.165) is 5.56 Å². The molecule has 1 aromatic rings. The lowest BCUT2D eigenvalue weighted by Gasteiger charge is -2.03. The molecule has 70 valence electrons. The maximum atomic E-state index is 10.5. The molecule has 0 atom stereocenters. The molecule has 5 nitrogen and oxygen atoms in total. The second-order valence-electron chi connectivity index (χ2n) is 2.63. The molecule has 2 N–H and O–H groups in total. The summed E-state index contributed by atoms with van der Waals surface area (Å²) in [4.78, 5) is 14.5. The van der Waals surface area contributed by atoms with Crippen LogP contribution in [-0.2, 0) is 11.4 Å². The topological polar surface area (TPSA) is 78.4 Å². The molecule has 0 saturated carbocycles. The summed E-state index contributed by atoms with van der Waals surface area (Å²) in [5, 5.41) is 10.5. The summed E-state index contributed by atoms with van der Waals surface area (Å²) in [5.41, 5.74) is 1.42. The van der Waals surface area contributed by atoms with Crippen LogP contribution in [0.15, 0.2) is 18.2 Å². The molecule has 0 amide bonds. The largest absolute Gasteiger partial charge is 0.300 e. The van der Waals surface area contributed by atoms with Crippen molar-refractivity contribution in [3.05, 3.63) is 39.4 Å². The lowest BCUT2D eigenvalue weighted by molar-refractivity contribution is -0.385. The Kier molecular flexibility index (Phi) is 2.94. The minimum atomic E-state index is -0.421. The molecule has 0 aliphatic rings. The Balaban J connectivity index is 3.10. The highest BCUT2D eigenvalue weighted by atomic mass is 16.6. The van der Waals surface area contributed by atoms with E-state index in [0.29, 0.717) is 5.56 Å². The molecule has 13 heavy (non-hydrogen) atoms. The molecule has 5 heteroatoms. The van der Waals surface area contributed by atoms with Gasteiger partial charge in [-0.15, -0.1) is 0 Å². The van der Waals surface area contributed by atoms with Crippen molar-refractivity contribution in [1.29, 1.82) is 0 Å². The predicted molar refractivity (Wildman–Crippen MR) is 46.8 cm³/mol. The fourth-order valence-electron chi connectivity index (χ4n) is 1.11. The smallest absolute Gasteiger partial charge is 0.272 e. The number of nitrogens with two attached hydrogens (primary N) is 1. The van der Waals surface area contributed by atoms with Crippen molar-refractivity contribution >= 4 is 5.69 Å². The van der Waals surface area contributed by atoms with E-state index in [2.05, 4.69) is 4.84 Å². The molecule has 0 fully saturated rings. The van der Waals surface area contributed by atoms with Crippen LogP contribution in [0.3, 0.4) is 0 Å². The van der Waals surface area contributed by atoms with Crippen LogP contribution >= 0.6 is 0 Å². The lowest BCUT2D eigenvalue weighted by Crippen LogP contribution is -2.02. The van der Waals surface area contributed by atoms with Gasteiger partial charge in [0.1, 0.15) is 0 Å². The van der Waals surface area contributed by atoms with Gasteiger partial charge in [-0.2, -0.15) is 0 Å². The molecule has 0 spiro atoms. The Morgan fingerprint density at radius 3 is 2.85 bits per heavy atom. The highest BCUT2D eigenvalue weighted by Crippen LogP contribution is 2.20. The molecule has 0 radical (unpaired) electrons. The molecule has 1 aromatic carbocycles. The summed E-state index contributed by atoms with van der Waals surface area (Å²) in [7, 11) is 0. The first-order chi connectivity index (χ1) is 6.16. The van der Waals surface area contributed by atoms with Crippen LogP contribution < -0.4 is 5.90 Å². The van der Waals surface area contributed by atoms with E-state index in [1.807, 2.05) is 0 Å². The van der Waals surface area contributed by atoms with Crippen molar-refractivity contribution in [3.8, 4) is 0 Å². The average Bonchev–Trinajstić information content (AvgIpc) is 2.08. The van der Waals surface area contributed by atoms with E-state index in [1.54, 1.807) is 19.1 Å². The van der Waals surface area contributed by atoms with Gasteiger partial charge in [-0.25, -0.2) is 5.90 Å². The standard InChI is InChI=1S/C8H10N2O3/c1-6-7(5-13-9)3-2-4-8(6)10(11)12/h2-4H,5,9H2,1H3. The van der Waals surface area contributed by atoms with E-state index in [4.69, 9.17) is 5.90 Å². The Hall–Kier alpha value is -1.46. The minimum Gasteiger partial charge on any atom is -0.300 e. The van der Waals surface area contributed by atoms with Crippen LogP contribution in [0.2, 0.25) is 0 Å². The molecule has 0 unspecified atom stereocenters. The van der Waals surface area contributed by atoms with Gasteiger partial charge >= 0.3 is 0 Å². The van der Waals surface area contributed by atoms with E-state index in [1.165, 1.54) is 6.07 Å². The van der Waals surface area contributed by atoms with Crippen LogP contribution in [0.5, 0.6) is 0 Å². The lowest BCUT2D eigenvalue weighted by atomic mass is 10.1. The zero-order valence-electron chi connectivity index (χ0n) is 7.19. The van der Waals surface area contributed by atoms with Crippen LogP contribution in [0, 0.1) is 17.0 Å². The summed E-state index contributed by atoms with van der Waals surface area (Å²) >= 11 is 0. The predicted octanol–water partition coefficient (Wildman–Crippen LogP) is 1.29. The van der Waals surface area contributed by atoms with Gasteiger partial charge in [-0.05, 0) is 12.5 Å². The highest BCUT2D eigenvalue weighted by molar-refractivity contribution is 5.44. The molecule has 0 saturated heterocycles. The zero-order chi connectivity index (χ0) is 9.84. The summed E-state index contributed by atoms with van der Waals surface area (Å²) < 4.78 is 0. The maximum Gasteiger partial charge on any atom is 0.272 e. The average molecular weight is 182 g/mol. The van der Waals surface area contributed by atoms with Crippen LogP contribution in [0.25, 0.3) is 0 Å². The van der Waals surface area contributed by atoms with Crippen molar-refractivity contribution in [2.45, 2.75) is 13.5 Å². The SMILES string of the molecule is Cc1c(CON)cccc1[N+](=O)[O-]. The number of nitrogens with zero attached hydrogens (tertiary/aromatic N) is 1. The van der Waals surface area contributed by atoms with Gasteiger partial charge in [0.25, 0.3) is 5.69 Å². The van der Waals surface area contributed by atoms with Crippen molar-refractivity contribution in [2.75, 3.05) is 0 Å². The van der Waals surface area contributed by atoms with Gasteiger partial charge in [0.05, 0.1) is 11.5 Å². The third kappa shape index (κ3) is 2.01. The van der Waals surface area contributed by atoms with Crippen molar-refractivity contribution in [2.24, 2.45) is 5.90 Å². The summed E-state index contributed by atoms with van der Waals surface area (Å²) in [5.74, 6) is 4.89. The second kappa shape index (κ2) is 3.97. The van der Waals surface area contributed by atoms with E-state index >= 15 is 0 Å². The summed E-state index contributed by atoms with van der Waals surface area (Å²) in [6.07, 6.45) is 0. The third-order valence-electron chi connectivity index (χ3n) is 1.85. The fourth-order valence-corrected chi connectivity index (χ4v) is 1.11. The van der Waals surface area contributed by atoms with Gasteiger partial charge in [0.15, 0.2) is 0 Å². The molecule has 0 aliphatic heterocycles. The fraction of sp³-hybridized carbons (Fsp3) is 0.250. The van der Waals surface area contributed by atoms with Crippen molar-refractivity contribution in [3.63, 3.8) is 0 Å². The number of hydrogen-bond donors (Lipinski definition) is 1. The van der Waals surface area contributed by atoms with E-state index in [9.17, 15) is 10.1 Å². The highest BCUT2D eigenvalue weighted by Gasteiger charge is 2.12. The van der Waals surface area contributed by atoms with Crippen LogP contribution in [0.1, 0.15) is 11.1 Å². The summed E-state index contributed by atoms with van der Waals surface area (Å²) in [6.45, 7) is 1.86. The van der Waals surface area contributed by atoms with Crippen LogP contribution in [-0.4, -0.2) is 4.92 Å². The number of nitro groups is 1. The van der Waals surface area contributed by atoms with Gasteiger partial charge in [-0.3, -0.25) is 15.0 Å². The van der Waals surface area contributed by atoms with E-state index < -0.39 is 4.92 Å². The normalized spacial score (nSPS) is 10.0. The van der Waals surface area contributed by atoms with Crippen LogP contribution in [0.4, 0.5) is 5.69 Å². The molecule has 0 heterocycles. The second-order valence-corrected chi connectivity index (χ2v) is 2.63. The first kappa shape index (κ1) is 9.63. The Bertz CT molecular complexity index is 325. The van der Waals surface area contributed by atoms with Gasteiger partial charge in [-0.1, -0.05) is 12.1 Å². The van der Waals surface area contributed by atoms with Gasteiger partial charge < -0.3 is 0 Å². The van der Waals surface area contributed by atoms with Crippen molar-refractivity contribution in [1.82, 2.24) is 0 Å². The molecule has 0 aromatic heterocycles. The van der Waals surface area contributed by atoms with Gasteiger partial charge in [0, 0.05) is 11.6 Å². The molecule has 0 aliphatic carbocycles. The number of rotatable bonds is 3. The number of benzene rings is 1. The Morgan fingerprint density at radius 2 is 2.31 bits per heavy atom. The number of nitro benzene ring substituents is 1. The molecular formula is C8H10N2O3. The summed E-state index contributed by atoms with van der Waals surface area (Å²) in [6, 6.07) is 4.81. The van der Waals surface area contributed by atoms with Gasteiger partial charge in [0.2, 0.25) is 0 Å². The first-order valence-electron chi connectivity index (χ1n) is 3.71. The maximum absolute atomic E-state index is 10.5. The Morgan fingerprint density at radius 1 is 1.62 bits per heavy atom. The Labute approximate surface area is 75.2 Å².